The van der Waals surface area contributed by atoms with Crippen LogP contribution in [0.1, 0.15) is 60.3 Å². The second-order valence-corrected chi connectivity index (χ2v) is 5.92. The van der Waals surface area contributed by atoms with Gasteiger partial charge in [0.1, 0.15) is 0 Å². The second kappa shape index (κ2) is 5.50. The molecule has 2 nitrogen and oxygen atoms in total. The fraction of sp³-hybridized carbons (Fsp3) is 1.00. The number of rotatable bonds is 0. The van der Waals surface area contributed by atoms with Gasteiger partial charge in [0.25, 0.3) is 0 Å². The van der Waals surface area contributed by atoms with Gasteiger partial charge in [-0.05, 0) is 17.8 Å². The van der Waals surface area contributed by atoms with Crippen molar-refractivity contribution >= 4 is 0 Å². The summed E-state index contributed by atoms with van der Waals surface area (Å²) in [5.41, 5.74) is 0.364. The van der Waals surface area contributed by atoms with E-state index >= 15 is 0 Å². The van der Waals surface area contributed by atoms with Crippen molar-refractivity contribution in [2.75, 3.05) is 13.2 Å². The third-order valence-electron chi connectivity index (χ3n) is 3.83. The average Bonchev–Trinajstić information content (AvgIpc) is 2.62. The molecule has 1 saturated carbocycles. The lowest BCUT2D eigenvalue weighted by Gasteiger charge is -2.45. The topological polar surface area (TPSA) is 18.5 Å². The highest BCUT2D eigenvalue weighted by atomic mass is 16.7. The van der Waals surface area contributed by atoms with E-state index in [2.05, 4.69) is 34.6 Å². The summed E-state index contributed by atoms with van der Waals surface area (Å²) in [6.45, 7) is 12.8. The van der Waals surface area contributed by atoms with Gasteiger partial charge in [0.15, 0.2) is 5.79 Å². The molecule has 2 aliphatic rings. The molecule has 0 bridgehead atoms. The predicted molar refractivity (Wildman–Crippen MR) is 67.4 cm³/mol. The molecule has 0 unspecified atom stereocenters. The van der Waals surface area contributed by atoms with Gasteiger partial charge in [-0.1, -0.05) is 41.0 Å². The zero-order valence-electron chi connectivity index (χ0n) is 11.6. The Hall–Kier alpha value is -0.0800. The molecule has 2 rings (SSSR count). The molecule has 96 valence electrons. The highest BCUT2D eigenvalue weighted by Crippen LogP contribution is 2.48. The molecule has 0 amide bonds. The van der Waals surface area contributed by atoms with E-state index in [1.165, 1.54) is 12.8 Å². The fourth-order valence-electron chi connectivity index (χ4n) is 2.53. The van der Waals surface area contributed by atoms with Gasteiger partial charge in [0.05, 0.1) is 13.2 Å². The van der Waals surface area contributed by atoms with Crippen molar-refractivity contribution in [1.29, 1.82) is 0 Å². The zero-order valence-corrected chi connectivity index (χ0v) is 11.6. The molecule has 1 spiro atoms. The average molecular weight is 228 g/mol. The van der Waals surface area contributed by atoms with Crippen LogP contribution < -0.4 is 0 Å². The summed E-state index contributed by atoms with van der Waals surface area (Å²) in [4.78, 5) is 0. The lowest BCUT2D eigenvalue weighted by molar-refractivity contribution is -0.207. The highest BCUT2D eigenvalue weighted by molar-refractivity contribution is 4.91. The van der Waals surface area contributed by atoms with Crippen LogP contribution in [0.25, 0.3) is 0 Å². The molecule has 1 saturated heterocycles. The van der Waals surface area contributed by atoms with Gasteiger partial charge in [0.2, 0.25) is 0 Å². The Balaban J connectivity index is 0.000000386. The van der Waals surface area contributed by atoms with Crippen LogP contribution in [0.3, 0.4) is 0 Å². The van der Waals surface area contributed by atoms with Crippen molar-refractivity contribution in [1.82, 2.24) is 0 Å². The van der Waals surface area contributed by atoms with Crippen LogP contribution in [0.4, 0.5) is 0 Å². The first kappa shape index (κ1) is 14.0. The summed E-state index contributed by atoms with van der Waals surface area (Å²) >= 11 is 0. The first-order chi connectivity index (χ1) is 7.46. The minimum absolute atomic E-state index is 0.212. The molecule has 2 heteroatoms. The van der Waals surface area contributed by atoms with Crippen LogP contribution in [0, 0.1) is 11.3 Å². The fourth-order valence-corrected chi connectivity index (χ4v) is 2.53. The van der Waals surface area contributed by atoms with E-state index in [9.17, 15) is 0 Å². The van der Waals surface area contributed by atoms with Crippen molar-refractivity contribution in [2.45, 2.75) is 66.1 Å². The van der Waals surface area contributed by atoms with E-state index in [1.807, 2.05) is 0 Å². The smallest absolute Gasteiger partial charge is 0.169 e. The van der Waals surface area contributed by atoms with Crippen LogP contribution in [0.2, 0.25) is 0 Å². The monoisotopic (exact) mass is 228 g/mol. The lowest BCUT2D eigenvalue weighted by Crippen LogP contribution is -2.43. The number of hydrogen-bond donors (Lipinski definition) is 0. The Labute approximate surface area is 101 Å². The van der Waals surface area contributed by atoms with Crippen LogP contribution in [0.15, 0.2) is 0 Å². The Bertz CT molecular complexity index is 205. The quantitative estimate of drug-likeness (QED) is 0.624. The zero-order chi connectivity index (χ0) is 12.2. The maximum Gasteiger partial charge on any atom is 0.169 e. The van der Waals surface area contributed by atoms with Gasteiger partial charge in [-0.15, -0.1) is 0 Å². The molecule has 0 aromatic heterocycles. The molecule has 0 radical (unpaired) electrons. The second-order valence-electron chi connectivity index (χ2n) is 5.92. The van der Waals surface area contributed by atoms with Gasteiger partial charge in [-0.3, -0.25) is 0 Å². The van der Waals surface area contributed by atoms with E-state index in [-0.39, 0.29) is 5.79 Å². The summed E-state index contributed by atoms with van der Waals surface area (Å²) in [6.07, 6.45) is 4.62. The molecular formula is C14H28O2. The molecule has 0 aromatic rings. The minimum atomic E-state index is -0.212. The standard InChI is InChI=1S/C11H20O2.C3H8/c1-9-4-5-11(8-10(9,2)3)12-6-7-13-11;1-3-2/h9H,4-8H2,1-3H3;3H2,1-2H3/t9-;/m0./s1. The van der Waals surface area contributed by atoms with Crippen LogP contribution >= 0.6 is 0 Å². The lowest BCUT2D eigenvalue weighted by atomic mass is 9.67. The maximum absolute atomic E-state index is 5.74. The Morgan fingerprint density at radius 3 is 2.06 bits per heavy atom. The van der Waals surface area contributed by atoms with Crippen LogP contribution in [-0.4, -0.2) is 19.0 Å². The summed E-state index contributed by atoms with van der Waals surface area (Å²) in [6, 6.07) is 0. The van der Waals surface area contributed by atoms with Gasteiger partial charge in [-0.2, -0.15) is 0 Å². The molecule has 16 heavy (non-hydrogen) atoms. The van der Waals surface area contributed by atoms with E-state index in [0.717, 1.165) is 32.0 Å². The molecule has 1 heterocycles. The Morgan fingerprint density at radius 1 is 1.12 bits per heavy atom. The number of ether oxygens (including phenoxy) is 2. The summed E-state index contributed by atoms with van der Waals surface area (Å²) in [5, 5.41) is 0. The number of hydrogen-bond acceptors (Lipinski definition) is 2. The van der Waals surface area contributed by atoms with Crippen molar-refractivity contribution in [3.63, 3.8) is 0 Å². The first-order valence-corrected chi connectivity index (χ1v) is 6.73. The normalized spacial score (nSPS) is 30.9. The maximum atomic E-state index is 5.74. The minimum Gasteiger partial charge on any atom is -0.348 e. The van der Waals surface area contributed by atoms with Crippen molar-refractivity contribution in [3.8, 4) is 0 Å². The molecular weight excluding hydrogens is 200 g/mol. The summed E-state index contributed by atoms with van der Waals surface area (Å²) in [5.74, 6) is 0.571. The van der Waals surface area contributed by atoms with Gasteiger partial charge in [0, 0.05) is 12.8 Å². The van der Waals surface area contributed by atoms with E-state index in [0.29, 0.717) is 5.41 Å². The molecule has 1 aliphatic heterocycles. The Morgan fingerprint density at radius 2 is 1.62 bits per heavy atom. The third-order valence-corrected chi connectivity index (χ3v) is 3.83. The largest absolute Gasteiger partial charge is 0.348 e. The van der Waals surface area contributed by atoms with Gasteiger partial charge < -0.3 is 9.47 Å². The summed E-state index contributed by atoms with van der Waals surface area (Å²) in [7, 11) is 0. The van der Waals surface area contributed by atoms with Gasteiger partial charge >= 0.3 is 0 Å². The van der Waals surface area contributed by atoms with E-state index in [4.69, 9.17) is 9.47 Å². The summed E-state index contributed by atoms with van der Waals surface area (Å²) < 4.78 is 11.5. The van der Waals surface area contributed by atoms with Crippen molar-refractivity contribution in [3.05, 3.63) is 0 Å². The highest BCUT2D eigenvalue weighted by Gasteiger charge is 2.47. The van der Waals surface area contributed by atoms with Crippen molar-refractivity contribution in [2.24, 2.45) is 11.3 Å². The van der Waals surface area contributed by atoms with E-state index in [1.54, 1.807) is 0 Å². The van der Waals surface area contributed by atoms with Crippen LogP contribution in [0.5, 0.6) is 0 Å². The molecule has 1 atom stereocenters. The predicted octanol–water partition coefficient (Wildman–Crippen LogP) is 3.99. The van der Waals surface area contributed by atoms with Crippen LogP contribution in [-0.2, 0) is 9.47 Å². The van der Waals surface area contributed by atoms with E-state index < -0.39 is 0 Å². The molecule has 0 aromatic carbocycles. The first-order valence-electron chi connectivity index (χ1n) is 6.73. The molecule has 0 N–H and O–H groups in total. The molecule has 1 aliphatic carbocycles. The third kappa shape index (κ3) is 3.21. The molecule has 2 fully saturated rings. The Kier molecular flexibility index (Phi) is 4.81. The SMILES string of the molecule is CCC.C[C@H]1CCC2(CC1(C)C)OCCO2. The van der Waals surface area contributed by atoms with Crippen molar-refractivity contribution < 1.29 is 9.47 Å². The van der Waals surface area contributed by atoms with Gasteiger partial charge in [-0.25, -0.2) is 0 Å².